The van der Waals surface area contributed by atoms with E-state index < -0.39 is 0 Å². The number of carbonyl (C=O) groups excluding carboxylic acids is 1. The SMILES string of the molecule is CC(C)(C)OC=O.CCC1(O)CCN(CC2CCNCC2)CC1. The molecule has 0 atom stereocenters. The van der Waals surface area contributed by atoms with Crippen molar-refractivity contribution >= 4 is 6.47 Å². The number of hydrogen-bond donors (Lipinski definition) is 2. The summed E-state index contributed by atoms with van der Waals surface area (Å²) in [6.45, 7) is 13.8. The molecule has 5 heteroatoms. The first-order chi connectivity index (χ1) is 10.8. The van der Waals surface area contributed by atoms with E-state index in [1.54, 1.807) is 0 Å². The Morgan fingerprint density at radius 1 is 1.26 bits per heavy atom. The summed E-state index contributed by atoms with van der Waals surface area (Å²) < 4.78 is 4.55. The lowest BCUT2D eigenvalue weighted by atomic mass is 9.88. The van der Waals surface area contributed by atoms with Crippen molar-refractivity contribution in [1.29, 1.82) is 0 Å². The van der Waals surface area contributed by atoms with Crippen LogP contribution < -0.4 is 5.32 Å². The van der Waals surface area contributed by atoms with Gasteiger partial charge in [0.15, 0.2) is 0 Å². The third kappa shape index (κ3) is 8.68. The molecule has 2 aliphatic rings. The van der Waals surface area contributed by atoms with Crippen LogP contribution in [0, 0.1) is 5.92 Å². The Labute approximate surface area is 141 Å². The van der Waals surface area contributed by atoms with E-state index in [2.05, 4.69) is 21.9 Å². The van der Waals surface area contributed by atoms with Gasteiger partial charge in [0.05, 0.1) is 5.60 Å². The molecule has 2 saturated heterocycles. The minimum atomic E-state index is -0.357. The number of hydrogen-bond acceptors (Lipinski definition) is 5. The third-order valence-electron chi connectivity index (χ3n) is 4.82. The Morgan fingerprint density at radius 2 is 1.83 bits per heavy atom. The largest absolute Gasteiger partial charge is 0.462 e. The highest BCUT2D eigenvalue weighted by Crippen LogP contribution is 2.26. The van der Waals surface area contributed by atoms with Crippen molar-refractivity contribution < 1.29 is 14.6 Å². The number of piperidine rings is 2. The van der Waals surface area contributed by atoms with Crippen LogP contribution in [0.15, 0.2) is 0 Å². The molecule has 136 valence electrons. The number of carbonyl (C=O) groups is 1. The second kappa shape index (κ2) is 9.60. The molecular formula is C18H36N2O3. The first-order valence-electron chi connectivity index (χ1n) is 9.05. The molecule has 0 saturated carbocycles. The standard InChI is InChI=1S/C13H26N2O.C5H10O2/c1-2-13(16)5-9-15(10-6-13)11-12-3-7-14-8-4-12;1-5(2,3)7-4-6/h12,14,16H,2-11H2,1H3;4H,1-3H3. The molecule has 2 aliphatic heterocycles. The monoisotopic (exact) mass is 328 g/mol. The maximum atomic E-state index is 10.2. The van der Waals surface area contributed by atoms with E-state index in [0.717, 1.165) is 38.3 Å². The van der Waals surface area contributed by atoms with Gasteiger partial charge in [-0.15, -0.1) is 0 Å². The summed E-state index contributed by atoms with van der Waals surface area (Å²) in [5.41, 5.74) is -0.674. The van der Waals surface area contributed by atoms with Gasteiger partial charge in [0.2, 0.25) is 0 Å². The minimum absolute atomic E-state index is 0.318. The molecule has 0 amide bonds. The van der Waals surface area contributed by atoms with Crippen molar-refractivity contribution in [2.75, 3.05) is 32.7 Å². The van der Waals surface area contributed by atoms with Crippen molar-refractivity contribution in [3.8, 4) is 0 Å². The van der Waals surface area contributed by atoms with E-state index in [0.29, 0.717) is 6.47 Å². The van der Waals surface area contributed by atoms with Crippen LogP contribution in [0.1, 0.15) is 59.8 Å². The van der Waals surface area contributed by atoms with Crippen LogP contribution in [-0.2, 0) is 9.53 Å². The van der Waals surface area contributed by atoms with Gasteiger partial charge >= 0.3 is 0 Å². The molecule has 2 rings (SSSR count). The molecule has 0 bridgehead atoms. The quantitative estimate of drug-likeness (QED) is 0.775. The lowest BCUT2D eigenvalue weighted by Crippen LogP contribution is -2.46. The summed E-state index contributed by atoms with van der Waals surface area (Å²) in [4.78, 5) is 12.2. The van der Waals surface area contributed by atoms with Crippen LogP contribution in [0.5, 0.6) is 0 Å². The molecule has 0 spiro atoms. The summed E-state index contributed by atoms with van der Waals surface area (Å²) in [6.07, 6.45) is 5.50. The number of ether oxygens (including phenoxy) is 1. The summed E-state index contributed by atoms with van der Waals surface area (Å²) in [5, 5.41) is 13.6. The summed E-state index contributed by atoms with van der Waals surface area (Å²) in [6, 6.07) is 0. The van der Waals surface area contributed by atoms with Gasteiger partial charge in [-0.2, -0.15) is 0 Å². The number of likely N-dealkylation sites (tertiary alicyclic amines) is 1. The number of rotatable bonds is 4. The molecule has 0 aliphatic carbocycles. The van der Waals surface area contributed by atoms with Crippen molar-refractivity contribution in [1.82, 2.24) is 10.2 Å². The van der Waals surface area contributed by atoms with Crippen LogP contribution in [0.4, 0.5) is 0 Å². The van der Waals surface area contributed by atoms with Crippen LogP contribution in [-0.4, -0.2) is 60.4 Å². The average Bonchev–Trinajstić information content (AvgIpc) is 2.50. The maximum Gasteiger partial charge on any atom is 0.293 e. The Morgan fingerprint density at radius 3 is 2.22 bits per heavy atom. The first-order valence-corrected chi connectivity index (χ1v) is 9.05. The zero-order chi connectivity index (χ0) is 17.3. The Bertz CT molecular complexity index is 328. The van der Waals surface area contributed by atoms with Crippen molar-refractivity contribution in [3.63, 3.8) is 0 Å². The highest BCUT2D eigenvalue weighted by atomic mass is 16.5. The maximum absolute atomic E-state index is 10.2. The highest BCUT2D eigenvalue weighted by Gasteiger charge is 2.31. The lowest BCUT2D eigenvalue weighted by molar-refractivity contribution is -0.138. The van der Waals surface area contributed by atoms with E-state index in [1.807, 2.05) is 20.8 Å². The fourth-order valence-electron chi connectivity index (χ4n) is 3.08. The fraction of sp³-hybridized carbons (Fsp3) is 0.944. The molecule has 5 nitrogen and oxygen atoms in total. The Hall–Kier alpha value is -0.650. The zero-order valence-electron chi connectivity index (χ0n) is 15.4. The molecule has 2 heterocycles. The summed E-state index contributed by atoms with van der Waals surface area (Å²) in [7, 11) is 0. The fourth-order valence-corrected chi connectivity index (χ4v) is 3.08. The first kappa shape index (κ1) is 20.4. The molecule has 0 aromatic rings. The zero-order valence-corrected chi connectivity index (χ0v) is 15.4. The van der Waals surface area contributed by atoms with Crippen LogP contribution in [0.3, 0.4) is 0 Å². The van der Waals surface area contributed by atoms with Gasteiger partial charge in [0, 0.05) is 19.6 Å². The molecule has 23 heavy (non-hydrogen) atoms. The van der Waals surface area contributed by atoms with E-state index in [9.17, 15) is 9.90 Å². The van der Waals surface area contributed by atoms with Crippen LogP contribution >= 0.6 is 0 Å². The minimum Gasteiger partial charge on any atom is -0.462 e. The molecule has 2 fully saturated rings. The Balaban J connectivity index is 0.000000322. The van der Waals surface area contributed by atoms with Gasteiger partial charge in [-0.25, -0.2) is 0 Å². The second-order valence-corrected chi connectivity index (χ2v) is 7.90. The van der Waals surface area contributed by atoms with E-state index in [-0.39, 0.29) is 11.2 Å². The molecule has 0 unspecified atom stereocenters. The topological polar surface area (TPSA) is 61.8 Å². The molecule has 0 aromatic heterocycles. The predicted octanol–water partition coefficient (Wildman–Crippen LogP) is 2.18. The third-order valence-corrected chi connectivity index (χ3v) is 4.82. The lowest BCUT2D eigenvalue weighted by Gasteiger charge is -2.39. The predicted molar refractivity (Wildman–Crippen MR) is 93.4 cm³/mol. The van der Waals surface area contributed by atoms with E-state index >= 15 is 0 Å². The highest BCUT2D eigenvalue weighted by molar-refractivity contribution is 5.37. The molecule has 0 radical (unpaired) electrons. The van der Waals surface area contributed by atoms with Gasteiger partial charge in [0.1, 0.15) is 5.60 Å². The van der Waals surface area contributed by atoms with E-state index in [1.165, 1.54) is 32.5 Å². The summed E-state index contributed by atoms with van der Waals surface area (Å²) in [5.74, 6) is 0.883. The number of nitrogens with zero attached hydrogens (tertiary/aromatic N) is 1. The normalized spacial score (nSPS) is 22.8. The van der Waals surface area contributed by atoms with Crippen molar-refractivity contribution in [2.24, 2.45) is 5.92 Å². The van der Waals surface area contributed by atoms with Crippen LogP contribution in [0.2, 0.25) is 0 Å². The summed E-state index contributed by atoms with van der Waals surface area (Å²) >= 11 is 0. The van der Waals surface area contributed by atoms with E-state index in [4.69, 9.17) is 0 Å². The molecule has 0 aromatic carbocycles. The molecule has 2 N–H and O–H groups in total. The van der Waals surface area contributed by atoms with Gasteiger partial charge in [-0.1, -0.05) is 6.92 Å². The number of aliphatic hydroxyl groups is 1. The van der Waals surface area contributed by atoms with Gasteiger partial charge < -0.3 is 20.1 Å². The van der Waals surface area contributed by atoms with Gasteiger partial charge in [-0.3, -0.25) is 4.79 Å². The van der Waals surface area contributed by atoms with Crippen LogP contribution in [0.25, 0.3) is 0 Å². The molecular weight excluding hydrogens is 292 g/mol. The van der Waals surface area contributed by atoms with Crippen molar-refractivity contribution in [2.45, 2.75) is 71.0 Å². The Kier molecular flexibility index (Phi) is 8.51. The second-order valence-electron chi connectivity index (χ2n) is 7.90. The van der Waals surface area contributed by atoms with Gasteiger partial charge in [0.25, 0.3) is 6.47 Å². The number of nitrogens with one attached hydrogen (secondary N) is 1. The smallest absolute Gasteiger partial charge is 0.293 e. The van der Waals surface area contributed by atoms with Gasteiger partial charge in [-0.05, 0) is 71.9 Å². The van der Waals surface area contributed by atoms with Crippen molar-refractivity contribution in [3.05, 3.63) is 0 Å². The average molecular weight is 328 g/mol.